The van der Waals surface area contributed by atoms with Crippen LogP contribution in [0.3, 0.4) is 0 Å². The topological polar surface area (TPSA) is 40.5 Å². The number of aliphatic hydroxyl groups is 2. The fraction of sp³-hybridized carbons (Fsp3) is 0.778. The van der Waals surface area contributed by atoms with Crippen LogP contribution in [-0.4, -0.2) is 16.5 Å². The molecule has 2 nitrogen and oxygen atoms in total. The molecule has 0 aliphatic heterocycles. The van der Waals surface area contributed by atoms with Crippen molar-refractivity contribution in [1.29, 1.82) is 0 Å². The van der Waals surface area contributed by atoms with Gasteiger partial charge in [-0.2, -0.15) is 0 Å². The SMILES string of the molecule is OC(O)CC12C=CC(CC1)C2. The van der Waals surface area contributed by atoms with E-state index >= 15 is 0 Å². The Morgan fingerprint density at radius 1 is 1.55 bits per heavy atom. The van der Waals surface area contributed by atoms with Crippen molar-refractivity contribution >= 4 is 0 Å². The van der Waals surface area contributed by atoms with Crippen LogP contribution in [0.1, 0.15) is 25.7 Å². The van der Waals surface area contributed by atoms with E-state index in [0.717, 1.165) is 18.8 Å². The second kappa shape index (κ2) is 2.32. The molecule has 0 heterocycles. The highest BCUT2D eigenvalue weighted by Crippen LogP contribution is 2.51. The highest BCUT2D eigenvalue weighted by Gasteiger charge is 2.41. The van der Waals surface area contributed by atoms with Crippen molar-refractivity contribution in [3.05, 3.63) is 12.2 Å². The van der Waals surface area contributed by atoms with E-state index < -0.39 is 6.29 Å². The van der Waals surface area contributed by atoms with E-state index in [-0.39, 0.29) is 5.41 Å². The van der Waals surface area contributed by atoms with Crippen molar-refractivity contribution in [1.82, 2.24) is 0 Å². The molecule has 0 aromatic carbocycles. The zero-order valence-electron chi connectivity index (χ0n) is 6.53. The summed E-state index contributed by atoms with van der Waals surface area (Å²) in [5.74, 6) is 0.730. The fourth-order valence-corrected chi connectivity index (χ4v) is 2.47. The zero-order chi connectivity index (χ0) is 7.90. The van der Waals surface area contributed by atoms with E-state index in [2.05, 4.69) is 12.2 Å². The number of fused-ring (bicyclic) bond motifs is 2. The lowest BCUT2D eigenvalue weighted by molar-refractivity contribution is -0.0644. The Kier molecular flexibility index (Phi) is 1.55. The molecule has 11 heavy (non-hydrogen) atoms. The van der Waals surface area contributed by atoms with Gasteiger partial charge in [0.05, 0.1) is 0 Å². The summed E-state index contributed by atoms with van der Waals surface area (Å²) in [5, 5.41) is 17.7. The summed E-state index contributed by atoms with van der Waals surface area (Å²) in [6.07, 6.45) is 7.34. The molecule has 0 spiro atoms. The lowest BCUT2D eigenvalue weighted by Gasteiger charge is -2.23. The van der Waals surface area contributed by atoms with Gasteiger partial charge in [0, 0.05) is 6.42 Å². The molecule has 0 saturated heterocycles. The first-order chi connectivity index (χ1) is 5.20. The molecule has 0 amide bonds. The maximum atomic E-state index is 8.85. The standard InChI is InChI=1S/C9H14O2/c10-8(11)6-9-3-1-7(5-9)2-4-9/h1,3,7-8,10-11H,2,4-6H2. The third-order valence-corrected chi connectivity index (χ3v) is 2.99. The van der Waals surface area contributed by atoms with E-state index in [1.54, 1.807) is 0 Å². The average molecular weight is 154 g/mol. The van der Waals surface area contributed by atoms with Crippen LogP contribution in [0.2, 0.25) is 0 Å². The molecule has 1 fully saturated rings. The molecule has 2 atom stereocenters. The normalized spacial score (nSPS) is 40.8. The van der Waals surface area contributed by atoms with Crippen LogP contribution in [0.5, 0.6) is 0 Å². The molecule has 62 valence electrons. The minimum Gasteiger partial charge on any atom is -0.368 e. The number of aliphatic hydroxyl groups excluding tert-OH is 1. The summed E-state index contributed by atoms with van der Waals surface area (Å²) in [5.41, 5.74) is 0.152. The van der Waals surface area contributed by atoms with Gasteiger partial charge in [-0.25, -0.2) is 0 Å². The predicted octanol–water partition coefficient (Wildman–Crippen LogP) is 1.04. The maximum absolute atomic E-state index is 8.85. The number of rotatable bonds is 2. The lowest BCUT2D eigenvalue weighted by atomic mass is 9.84. The van der Waals surface area contributed by atoms with Gasteiger partial charge in [0.1, 0.15) is 0 Å². The molecule has 0 aromatic heterocycles. The second-order valence-electron chi connectivity index (χ2n) is 3.91. The third-order valence-electron chi connectivity index (χ3n) is 2.99. The van der Waals surface area contributed by atoms with Crippen LogP contribution in [0.4, 0.5) is 0 Å². The molecule has 2 rings (SSSR count). The van der Waals surface area contributed by atoms with E-state index in [1.165, 1.54) is 6.42 Å². The van der Waals surface area contributed by atoms with Crippen LogP contribution in [-0.2, 0) is 0 Å². The van der Waals surface area contributed by atoms with Gasteiger partial charge in [0.25, 0.3) is 0 Å². The van der Waals surface area contributed by atoms with E-state index in [0.29, 0.717) is 6.42 Å². The molecule has 2 bridgehead atoms. The number of hydrogen-bond acceptors (Lipinski definition) is 2. The Bertz CT molecular complexity index is 186. The molecular formula is C9H14O2. The first kappa shape index (κ1) is 7.32. The summed E-state index contributed by atoms with van der Waals surface area (Å²) in [6.45, 7) is 0. The quantitative estimate of drug-likeness (QED) is 0.461. The summed E-state index contributed by atoms with van der Waals surface area (Å²) in [4.78, 5) is 0. The van der Waals surface area contributed by atoms with Crippen molar-refractivity contribution in [2.75, 3.05) is 0 Å². The Morgan fingerprint density at radius 2 is 2.36 bits per heavy atom. The summed E-state index contributed by atoms with van der Waals surface area (Å²) in [7, 11) is 0. The Labute approximate surface area is 66.5 Å². The monoisotopic (exact) mass is 154 g/mol. The van der Waals surface area contributed by atoms with Crippen molar-refractivity contribution in [3.63, 3.8) is 0 Å². The molecule has 2 aliphatic carbocycles. The van der Waals surface area contributed by atoms with Gasteiger partial charge < -0.3 is 10.2 Å². The van der Waals surface area contributed by atoms with Crippen LogP contribution in [0, 0.1) is 11.3 Å². The molecule has 2 aliphatic rings. The highest BCUT2D eigenvalue weighted by molar-refractivity contribution is 5.15. The van der Waals surface area contributed by atoms with Gasteiger partial charge >= 0.3 is 0 Å². The second-order valence-corrected chi connectivity index (χ2v) is 3.91. The molecule has 1 saturated carbocycles. The maximum Gasteiger partial charge on any atom is 0.152 e. The smallest absolute Gasteiger partial charge is 0.152 e. The van der Waals surface area contributed by atoms with Crippen molar-refractivity contribution in [3.8, 4) is 0 Å². The van der Waals surface area contributed by atoms with E-state index in [4.69, 9.17) is 10.2 Å². The Balaban J connectivity index is 2.06. The van der Waals surface area contributed by atoms with E-state index in [9.17, 15) is 0 Å². The van der Waals surface area contributed by atoms with Gasteiger partial charge in [0.15, 0.2) is 6.29 Å². The molecular weight excluding hydrogens is 140 g/mol. The molecule has 0 aromatic rings. The van der Waals surface area contributed by atoms with Gasteiger partial charge in [-0.05, 0) is 30.6 Å². The van der Waals surface area contributed by atoms with Crippen LogP contribution in [0.25, 0.3) is 0 Å². The largest absolute Gasteiger partial charge is 0.368 e. The van der Waals surface area contributed by atoms with Gasteiger partial charge in [0.2, 0.25) is 0 Å². The minimum absolute atomic E-state index is 0.152. The Hall–Kier alpha value is -0.340. The summed E-state index contributed by atoms with van der Waals surface area (Å²) >= 11 is 0. The fourth-order valence-electron chi connectivity index (χ4n) is 2.47. The molecule has 0 radical (unpaired) electrons. The molecule has 2 heteroatoms. The number of hydrogen-bond donors (Lipinski definition) is 2. The Morgan fingerprint density at radius 3 is 2.73 bits per heavy atom. The van der Waals surface area contributed by atoms with Crippen LogP contribution in [0.15, 0.2) is 12.2 Å². The first-order valence-corrected chi connectivity index (χ1v) is 4.26. The first-order valence-electron chi connectivity index (χ1n) is 4.26. The van der Waals surface area contributed by atoms with Crippen LogP contribution >= 0.6 is 0 Å². The van der Waals surface area contributed by atoms with Crippen molar-refractivity contribution in [2.24, 2.45) is 11.3 Å². The van der Waals surface area contributed by atoms with E-state index in [1.807, 2.05) is 0 Å². The van der Waals surface area contributed by atoms with Gasteiger partial charge in [-0.15, -0.1) is 0 Å². The predicted molar refractivity (Wildman–Crippen MR) is 41.8 cm³/mol. The van der Waals surface area contributed by atoms with Crippen molar-refractivity contribution in [2.45, 2.75) is 32.0 Å². The summed E-state index contributed by atoms with van der Waals surface area (Å²) in [6, 6.07) is 0. The minimum atomic E-state index is -1.13. The zero-order valence-corrected chi connectivity index (χ0v) is 6.53. The third kappa shape index (κ3) is 1.21. The van der Waals surface area contributed by atoms with Gasteiger partial charge in [-0.3, -0.25) is 0 Å². The van der Waals surface area contributed by atoms with Crippen molar-refractivity contribution < 1.29 is 10.2 Å². The van der Waals surface area contributed by atoms with Gasteiger partial charge in [-0.1, -0.05) is 12.2 Å². The molecule has 2 unspecified atom stereocenters. The average Bonchev–Trinajstić information content (AvgIpc) is 2.43. The summed E-state index contributed by atoms with van der Waals surface area (Å²) < 4.78 is 0. The van der Waals surface area contributed by atoms with Crippen LogP contribution < -0.4 is 0 Å². The molecule has 2 N–H and O–H groups in total. The highest BCUT2D eigenvalue weighted by atomic mass is 16.5. The lowest BCUT2D eigenvalue weighted by Crippen LogP contribution is -2.20. The number of allylic oxidation sites excluding steroid dienone is 2.